The lowest BCUT2D eigenvalue weighted by Crippen LogP contribution is -2.40. The Balaban J connectivity index is 1.98. The lowest BCUT2D eigenvalue weighted by Gasteiger charge is -2.23. The van der Waals surface area contributed by atoms with Crippen molar-refractivity contribution >= 4 is 17.5 Å². The van der Waals surface area contributed by atoms with Gasteiger partial charge in [0, 0.05) is 31.0 Å². The molecule has 2 rings (SSSR count). The average Bonchev–Trinajstić information content (AvgIpc) is 2.96. The third-order valence-corrected chi connectivity index (χ3v) is 3.84. The molecular formula is C17H22FN5O2. The van der Waals surface area contributed by atoms with E-state index in [1.807, 2.05) is 32.2 Å². The predicted molar refractivity (Wildman–Crippen MR) is 92.4 cm³/mol. The number of likely N-dealkylation sites (N-methyl/N-ethyl adjacent to an activating group) is 1. The van der Waals surface area contributed by atoms with Crippen LogP contribution in [0, 0.1) is 12.7 Å². The molecular weight excluding hydrogens is 325 g/mol. The summed E-state index contributed by atoms with van der Waals surface area (Å²) in [6, 6.07) is 3.88. The van der Waals surface area contributed by atoms with E-state index >= 15 is 0 Å². The molecule has 0 spiro atoms. The summed E-state index contributed by atoms with van der Waals surface area (Å²) >= 11 is 0. The van der Waals surface area contributed by atoms with Crippen molar-refractivity contribution in [2.45, 2.75) is 13.0 Å². The number of anilines is 1. The summed E-state index contributed by atoms with van der Waals surface area (Å²) in [6.07, 6.45) is 3.57. The minimum absolute atomic E-state index is 0.124. The number of rotatable bonds is 5. The van der Waals surface area contributed by atoms with Crippen LogP contribution >= 0.6 is 0 Å². The molecule has 0 aliphatic heterocycles. The molecule has 2 amide bonds. The van der Waals surface area contributed by atoms with Crippen molar-refractivity contribution in [3.05, 3.63) is 47.5 Å². The normalized spacial score (nSPS) is 12.1. The highest BCUT2D eigenvalue weighted by molar-refractivity contribution is 6.39. The Morgan fingerprint density at radius 1 is 1.32 bits per heavy atom. The van der Waals surface area contributed by atoms with Crippen LogP contribution in [0.4, 0.5) is 10.1 Å². The largest absolute Gasteiger partial charge is 0.346 e. The van der Waals surface area contributed by atoms with E-state index < -0.39 is 17.6 Å². The fourth-order valence-electron chi connectivity index (χ4n) is 2.39. The summed E-state index contributed by atoms with van der Waals surface area (Å²) in [6.45, 7) is 1.96. The highest BCUT2D eigenvalue weighted by Gasteiger charge is 2.20. The molecule has 134 valence electrons. The van der Waals surface area contributed by atoms with Gasteiger partial charge >= 0.3 is 11.8 Å². The molecule has 0 aliphatic rings. The van der Waals surface area contributed by atoms with Gasteiger partial charge in [0.25, 0.3) is 0 Å². The number of aromatic nitrogens is 2. The number of aryl methyl sites for hydroxylation is 2. The van der Waals surface area contributed by atoms with E-state index in [1.165, 1.54) is 18.2 Å². The third kappa shape index (κ3) is 4.87. The Hall–Kier alpha value is -2.74. The first-order chi connectivity index (χ1) is 11.8. The summed E-state index contributed by atoms with van der Waals surface area (Å²) in [5.41, 5.74) is 1.87. The number of hydrogen-bond donors (Lipinski definition) is 2. The van der Waals surface area contributed by atoms with E-state index in [-0.39, 0.29) is 18.3 Å². The van der Waals surface area contributed by atoms with Gasteiger partial charge in [-0.3, -0.25) is 14.3 Å². The molecule has 7 nitrogen and oxygen atoms in total. The Labute approximate surface area is 145 Å². The van der Waals surface area contributed by atoms with Crippen molar-refractivity contribution in [1.82, 2.24) is 20.0 Å². The van der Waals surface area contributed by atoms with Crippen molar-refractivity contribution in [1.29, 1.82) is 0 Å². The Kier molecular flexibility index (Phi) is 5.87. The van der Waals surface area contributed by atoms with Crippen LogP contribution in [0.15, 0.2) is 30.6 Å². The number of hydrogen-bond acceptors (Lipinski definition) is 4. The molecule has 1 aromatic carbocycles. The van der Waals surface area contributed by atoms with Crippen LogP contribution in [-0.4, -0.2) is 47.1 Å². The molecule has 2 N–H and O–H groups in total. The van der Waals surface area contributed by atoms with Crippen LogP contribution in [0.5, 0.6) is 0 Å². The smallest absolute Gasteiger partial charge is 0.313 e. The van der Waals surface area contributed by atoms with Crippen molar-refractivity contribution < 1.29 is 14.0 Å². The van der Waals surface area contributed by atoms with E-state index in [4.69, 9.17) is 0 Å². The van der Waals surface area contributed by atoms with Crippen LogP contribution in [0.2, 0.25) is 0 Å². The first kappa shape index (κ1) is 18.6. The van der Waals surface area contributed by atoms with E-state index in [9.17, 15) is 14.0 Å². The number of nitrogens with zero attached hydrogens (tertiary/aromatic N) is 3. The van der Waals surface area contributed by atoms with E-state index in [0.717, 1.165) is 5.56 Å². The molecule has 25 heavy (non-hydrogen) atoms. The number of benzene rings is 1. The first-order valence-corrected chi connectivity index (χ1v) is 7.78. The molecule has 0 unspecified atom stereocenters. The number of carbonyl (C=O) groups excluding carboxylic acids is 2. The molecule has 0 fully saturated rings. The zero-order chi connectivity index (χ0) is 18.6. The molecule has 1 heterocycles. The molecule has 1 aromatic heterocycles. The SMILES string of the molecule is Cc1ccc(F)cc1NC(=O)C(=O)NC[C@@H](c1cnn(C)c1)N(C)C. The maximum absolute atomic E-state index is 13.3. The summed E-state index contributed by atoms with van der Waals surface area (Å²) in [5, 5.41) is 9.15. The summed E-state index contributed by atoms with van der Waals surface area (Å²) in [5.74, 6) is -2.10. The Morgan fingerprint density at radius 3 is 2.64 bits per heavy atom. The maximum atomic E-state index is 13.3. The van der Waals surface area contributed by atoms with Crippen LogP contribution in [0.25, 0.3) is 0 Å². The quantitative estimate of drug-likeness (QED) is 0.797. The van der Waals surface area contributed by atoms with Gasteiger partial charge in [0.05, 0.1) is 12.2 Å². The van der Waals surface area contributed by atoms with Crippen LogP contribution < -0.4 is 10.6 Å². The van der Waals surface area contributed by atoms with Gasteiger partial charge in [-0.25, -0.2) is 4.39 Å². The predicted octanol–water partition coefficient (Wildman–Crippen LogP) is 1.23. The fourth-order valence-corrected chi connectivity index (χ4v) is 2.39. The van der Waals surface area contributed by atoms with Crippen molar-refractivity contribution in [3.8, 4) is 0 Å². The van der Waals surface area contributed by atoms with E-state index in [2.05, 4.69) is 15.7 Å². The highest BCUT2D eigenvalue weighted by Crippen LogP contribution is 2.17. The van der Waals surface area contributed by atoms with Gasteiger partial charge in [-0.2, -0.15) is 5.10 Å². The average molecular weight is 347 g/mol. The van der Waals surface area contributed by atoms with Gasteiger partial charge in [0.2, 0.25) is 0 Å². The van der Waals surface area contributed by atoms with Crippen molar-refractivity contribution in [2.75, 3.05) is 26.0 Å². The van der Waals surface area contributed by atoms with E-state index in [0.29, 0.717) is 5.56 Å². The molecule has 0 bridgehead atoms. The van der Waals surface area contributed by atoms with Crippen molar-refractivity contribution in [2.24, 2.45) is 7.05 Å². The van der Waals surface area contributed by atoms with Gasteiger partial charge in [-0.05, 0) is 38.7 Å². The van der Waals surface area contributed by atoms with Gasteiger partial charge in [-0.1, -0.05) is 6.07 Å². The van der Waals surface area contributed by atoms with Gasteiger partial charge in [-0.15, -0.1) is 0 Å². The van der Waals surface area contributed by atoms with E-state index in [1.54, 1.807) is 17.8 Å². The maximum Gasteiger partial charge on any atom is 0.313 e. The topological polar surface area (TPSA) is 79.3 Å². The lowest BCUT2D eigenvalue weighted by molar-refractivity contribution is -0.136. The summed E-state index contributed by atoms with van der Waals surface area (Å²) in [7, 11) is 5.56. The molecule has 0 radical (unpaired) electrons. The standard InChI is InChI=1S/C17H22FN5O2/c1-11-5-6-13(18)7-14(11)21-17(25)16(24)19-9-15(22(2)3)12-8-20-23(4)10-12/h5-8,10,15H,9H2,1-4H3,(H,19,24)(H,21,25)/t15-/m0/s1. The Bertz CT molecular complexity index is 772. The lowest BCUT2D eigenvalue weighted by atomic mass is 10.1. The Morgan fingerprint density at radius 2 is 2.04 bits per heavy atom. The molecule has 0 aliphatic carbocycles. The first-order valence-electron chi connectivity index (χ1n) is 7.78. The molecule has 8 heteroatoms. The van der Waals surface area contributed by atoms with Gasteiger partial charge in [0.15, 0.2) is 0 Å². The van der Waals surface area contributed by atoms with Crippen LogP contribution in [0.3, 0.4) is 0 Å². The minimum Gasteiger partial charge on any atom is -0.346 e. The molecule has 0 saturated heterocycles. The van der Waals surface area contributed by atoms with Gasteiger partial charge in [0.1, 0.15) is 5.82 Å². The molecule has 1 atom stereocenters. The second-order valence-electron chi connectivity index (χ2n) is 6.05. The molecule has 0 saturated carbocycles. The number of amides is 2. The second-order valence-corrected chi connectivity index (χ2v) is 6.05. The van der Waals surface area contributed by atoms with Crippen LogP contribution in [-0.2, 0) is 16.6 Å². The molecule has 2 aromatic rings. The van der Waals surface area contributed by atoms with Crippen molar-refractivity contribution in [3.63, 3.8) is 0 Å². The fraction of sp³-hybridized carbons (Fsp3) is 0.353. The second kappa shape index (κ2) is 7.89. The number of halogens is 1. The van der Waals surface area contributed by atoms with Gasteiger partial charge < -0.3 is 15.5 Å². The summed E-state index contributed by atoms with van der Waals surface area (Å²) in [4.78, 5) is 26.0. The zero-order valence-corrected chi connectivity index (χ0v) is 14.7. The minimum atomic E-state index is -0.836. The zero-order valence-electron chi connectivity index (χ0n) is 14.7. The van der Waals surface area contributed by atoms with Crippen LogP contribution in [0.1, 0.15) is 17.2 Å². The highest BCUT2D eigenvalue weighted by atomic mass is 19.1. The number of carbonyl (C=O) groups is 2. The monoisotopic (exact) mass is 347 g/mol. The third-order valence-electron chi connectivity index (χ3n) is 3.84. The summed E-state index contributed by atoms with van der Waals surface area (Å²) < 4.78 is 14.9. The number of nitrogens with one attached hydrogen (secondary N) is 2.